The van der Waals surface area contributed by atoms with Crippen molar-refractivity contribution in [2.45, 2.75) is 110 Å². The number of hydrogen-bond donors (Lipinski definition) is 5. The van der Waals surface area contributed by atoms with Crippen LogP contribution in [-0.2, 0) is 4.79 Å². The number of carboxylic acid groups (broad SMARTS) is 1. The number of aliphatic hydroxyl groups is 4. The molecule has 0 heterocycles. The second-order valence-corrected chi connectivity index (χ2v) is 12.8. The van der Waals surface area contributed by atoms with Crippen molar-refractivity contribution in [2.75, 3.05) is 0 Å². The summed E-state index contributed by atoms with van der Waals surface area (Å²) in [5, 5.41) is 52.7. The van der Waals surface area contributed by atoms with Crippen LogP contribution in [-0.4, -0.2) is 55.9 Å². The number of aliphatic hydroxyl groups excluding tert-OH is 4. The predicted molar refractivity (Wildman–Crippen MR) is 125 cm³/mol. The molecule has 0 aromatic rings. The van der Waals surface area contributed by atoms with Gasteiger partial charge < -0.3 is 25.5 Å². The van der Waals surface area contributed by atoms with Crippen molar-refractivity contribution < 1.29 is 30.3 Å². The first-order valence-corrected chi connectivity index (χ1v) is 13.4. The molecule has 4 aliphatic carbocycles. The van der Waals surface area contributed by atoms with Crippen LogP contribution in [0.1, 0.15) is 85.5 Å². The highest BCUT2D eigenvalue weighted by molar-refractivity contribution is 5.70. The molecule has 0 aliphatic heterocycles. The summed E-state index contributed by atoms with van der Waals surface area (Å²) < 4.78 is 0. The molecule has 6 nitrogen and oxygen atoms in total. The van der Waals surface area contributed by atoms with Crippen molar-refractivity contribution in [3.63, 3.8) is 0 Å². The van der Waals surface area contributed by atoms with Crippen LogP contribution in [0, 0.1) is 52.3 Å². The lowest BCUT2D eigenvalue weighted by molar-refractivity contribution is -0.207. The van der Waals surface area contributed by atoms with Gasteiger partial charge >= 0.3 is 5.97 Å². The summed E-state index contributed by atoms with van der Waals surface area (Å²) in [7, 11) is 0. The van der Waals surface area contributed by atoms with E-state index in [9.17, 15) is 30.3 Å². The first-order chi connectivity index (χ1) is 15.4. The average molecular weight is 467 g/mol. The van der Waals surface area contributed by atoms with Gasteiger partial charge in [0.15, 0.2) is 0 Å². The Bertz CT molecular complexity index is 727. The topological polar surface area (TPSA) is 118 Å². The third kappa shape index (κ3) is 4.07. The fourth-order valence-electron chi connectivity index (χ4n) is 9.18. The van der Waals surface area contributed by atoms with E-state index in [0.29, 0.717) is 24.2 Å². The minimum atomic E-state index is -0.967. The van der Waals surface area contributed by atoms with Gasteiger partial charge in [-0.15, -0.1) is 0 Å². The third-order valence-corrected chi connectivity index (χ3v) is 11.4. The number of carboxylic acids is 1. The fraction of sp³-hybridized carbons (Fsp3) is 0.963. The number of carbonyl (C=O) groups is 1. The molecular formula is C27H46O6. The molecule has 33 heavy (non-hydrogen) atoms. The molecule has 0 aromatic heterocycles. The van der Waals surface area contributed by atoms with E-state index in [0.717, 1.165) is 51.4 Å². The van der Waals surface area contributed by atoms with Crippen molar-refractivity contribution in [3.8, 4) is 0 Å². The Kier molecular flexibility index (Phi) is 6.98. The number of aliphatic carboxylic acids is 1. The van der Waals surface area contributed by atoms with E-state index in [1.54, 1.807) is 6.92 Å². The molecule has 6 heteroatoms. The zero-order chi connectivity index (χ0) is 24.3. The summed E-state index contributed by atoms with van der Waals surface area (Å²) in [5.74, 6) is -0.0734. The number of rotatable bonds is 6. The highest BCUT2D eigenvalue weighted by Crippen LogP contribution is 2.68. The number of fused-ring (bicyclic) bond motifs is 5. The molecule has 190 valence electrons. The Balaban J connectivity index is 1.52. The smallest absolute Gasteiger partial charge is 0.308 e. The zero-order valence-electron chi connectivity index (χ0n) is 20.9. The molecule has 0 saturated heterocycles. The molecule has 4 rings (SSSR count). The van der Waals surface area contributed by atoms with Crippen molar-refractivity contribution in [1.82, 2.24) is 0 Å². The Hall–Kier alpha value is -0.690. The van der Waals surface area contributed by atoms with Crippen molar-refractivity contribution in [3.05, 3.63) is 0 Å². The van der Waals surface area contributed by atoms with Crippen molar-refractivity contribution >= 4 is 5.97 Å². The SMILES string of the molecule is C[C@H](CC[C@H](O)[C@@H](C)C(=O)O)[C@H]1CC[C@H]2[C@@H]3[C@H](O)C[C@@H]4C[C@H](O)CC[C@]4(C)[C@H]3C[C@H](O)[C@]12C. The van der Waals surface area contributed by atoms with E-state index in [1.165, 1.54) is 0 Å². The summed E-state index contributed by atoms with van der Waals surface area (Å²) >= 11 is 0. The quantitative estimate of drug-likeness (QED) is 0.409. The molecule has 4 fully saturated rings. The second kappa shape index (κ2) is 9.07. The van der Waals surface area contributed by atoms with Gasteiger partial charge in [-0.25, -0.2) is 0 Å². The minimum absolute atomic E-state index is 0.0756. The Morgan fingerprint density at radius 3 is 2.33 bits per heavy atom. The summed E-state index contributed by atoms with van der Waals surface area (Å²) in [5.41, 5.74) is -0.186. The molecule has 0 bridgehead atoms. The highest BCUT2D eigenvalue weighted by Gasteiger charge is 2.65. The van der Waals surface area contributed by atoms with E-state index >= 15 is 0 Å². The summed E-state index contributed by atoms with van der Waals surface area (Å²) in [6, 6.07) is 0. The second-order valence-electron chi connectivity index (χ2n) is 12.8. The monoisotopic (exact) mass is 466 g/mol. The molecule has 0 radical (unpaired) electrons. The van der Waals surface area contributed by atoms with Gasteiger partial charge in [0.2, 0.25) is 0 Å². The van der Waals surface area contributed by atoms with Gasteiger partial charge in [0.1, 0.15) is 0 Å². The lowest BCUT2D eigenvalue weighted by Gasteiger charge is -2.63. The highest BCUT2D eigenvalue weighted by atomic mass is 16.4. The van der Waals surface area contributed by atoms with Crippen LogP contribution >= 0.6 is 0 Å². The largest absolute Gasteiger partial charge is 0.481 e. The predicted octanol–water partition coefficient (Wildman–Crippen LogP) is 3.45. The van der Waals surface area contributed by atoms with Gasteiger partial charge in [-0.1, -0.05) is 20.8 Å². The molecule has 0 spiro atoms. The summed E-state index contributed by atoms with van der Waals surface area (Å²) in [4.78, 5) is 11.2. The average Bonchev–Trinajstić information content (AvgIpc) is 3.11. The van der Waals surface area contributed by atoms with Crippen LogP contribution < -0.4 is 0 Å². The number of hydrogen-bond acceptors (Lipinski definition) is 5. The summed E-state index contributed by atoms with van der Waals surface area (Å²) in [6.45, 7) is 8.32. The Labute approximate surface area is 198 Å². The molecular weight excluding hydrogens is 420 g/mol. The third-order valence-electron chi connectivity index (χ3n) is 11.4. The fourth-order valence-corrected chi connectivity index (χ4v) is 9.18. The van der Waals surface area contributed by atoms with E-state index in [4.69, 9.17) is 0 Å². The minimum Gasteiger partial charge on any atom is -0.481 e. The van der Waals surface area contributed by atoms with Crippen molar-refractivity contribution in [1.29, 1.82) is 0 Å². The molecule has 0 unspecified atom stereocenters. The maximum absolute atomic E-state index is 11.6. The maximum atomic E-state index is 11.6. The van der Waals surface area contributed by atoms with Crippen LogP contribution in [0.15, 0.2) is 0 Å². The maximum Gasteiger partial charge on any atom is 0.308 e. The van der Waals surface area contributed by atoms with Gasteiger partial charge in [-0.05, 0) is 111 Å². The van der Waals surface area contributed by atoms with E-state index in [1.807, 2.05) is 0 Å². The summed E-state index contributed by atoms with van der Waals surface area (Å²) in [6.07, 6.45) is 5.36. The Morgan fingerprint density at radius 2 is 1.67 bits per heavy atom. The molecule has 4 saturated carbocycles. The van der Waals surface area contributed by atoms with Crippen LogP contribution in [0.3, 0.4) is 0 Å². The lowest BCUT2D eigenvalue weighted by Crippen LogP contribution is -2.62. The van der Waals surface area contributed by atoms with Gasteiger partial charge in [-0.2, -0.15) is 0 Å². The molecule has 4 aliphatic rings. The van der Waals surface area contributed by atoms with Crippen LogP contribution in [0.2, 0.25) is 0 Å². The first-order valence-electron chi connectivity index (χ1n) is 13.4. The molecule has 0 aromatic carbocycles. The van der Waals surface area contributed by atoms with Crippen molar-refractivity contribution in [2.24, 2.45) is 52.3 Å². The van der Waals surface area contributed by atoms with E-state index in [-0.39, 0.29) is 40.8 Å². The standard InChI is InChI=1S/C27H46O6/c1-14(5-8-21(29)15(2)25(32)33)18-6-7-19-24-20(13-23(31)27(18,19)4)26(3)10-9-17(28)11-16(26)12-22(24)30/h14-24,28-31H,5-13H2,1-4H3,(H,32,33)/t14-,15-,16+,17-,18-,19+,20+,21+,22-,23+,24+,26+,27-/m1/s1. The van der Waals surface area contributed by atoms with E-state index < -0.39 is 24.1 Å². The van der Waals surface area contributed by atoms with Crippen LogP contribution in [0.25, 0.3) is 0 Å². The van der Waals surface area contributed by atoms with Gasteiger partial charge in [0.05, 0.1) is 30.3 Å². The molecule has 13 atom stereocenters. The van der Waals surface area contributed by atoms with Gasteiger partial charge in [0.25, 0.3) is 0 Å². The first kappa shape index (κ1) is 25.4. The van der Waals surface area contributed by atoms with Gasteiger partial charge in [-0.3, -0.25) is 4.79 Å². The zero-order valence-corrected chi connectivity index (χ0v) is 20.9. The normalized spacial score (nSPS) is 49.9. The Morgan fingerprint density at radius 1 is 0.970 bits per heavy atom. The lowest BCUT2D eigenvalue weighted by atomic mass is 9.43. The van der Waals surface area contributed by atoms with Gasteiger partial charge in [0, 0.05) is 0 Å². The molecule has 0 amide bonds. The van der Waals surface area contributed by atoms with Crippen LogP contribution in [0.5, 0.6) is 0 Å². The molecule has 5 N–H and O–H groups in total. The van der Waals surface area contributed by atoms with Crippen LogP contribution in [0.4, 0.5) is 0 Å². The van der Waals surface area contributed by atoms with E-state index in [2.05, 4.69) is 20.8 Å².